The number of pyridine rings is 1. The Morgan fingerprint density at radius 2 is 2.31 bits per heavy atom. The molecule has 1 heterocycles. The van der Waals surface area contributed by atoms with Crippen molar-refractivity contribution >= 4 is 33.2 Å². The van der Waals surface area contributed by atoms with Gasteiger partial charge in [-0.15, -0.1) is 0 Å². The number of aliphatic carboxylic acids is 1. The second kappa shape index (κ2) is 3.57. The summed E-state index contributed by atoms with van der Waals surface area (Å²) in [5, 5.41) is 8.66. The highest BCUT2D eigenvalue weighted by molar-refractivity contribution is 9.10. The van der Waals surface area contributed by atoms with Crippen molar-refractivity contribution in [2.24, 2.45) is 0 Å². The van der Waals surface area contributed by atoms with Crippen LogP contribution in [0.3, 0.4) is 0 Å². The Bertz CT molecular complexity index is 376. The standard InChI is InChI=1S/C8H7BrN2O2/c1-4(8(12)13)5-2-7(9)11-3-6(5)10/h2-3H,1,10H2,(H,12,13). The van der Waals surface area contributed by atoms with E-state index in [1.54, 1.807) is 0 Å². The molecule has 3 N–H and O–H groups in total. The van der Waals surface area contributed by atoms with Gasteiger partial charge in [-0.1, -0.05) is 6.58 Å². The second-order valence-electron chi connectivity index (χ2n) is 2.38. The molecule has 0 saturated carbocycles. The molecule has 0 atom stereocenters. The fourth-order valence-corrected chi connectivity index (χ4v) is 1.15. The molecule has 0 aromatic carbocycles. The van der Waals surface area contributed by atoms with Crippen LogP contribution < -0.4 is 5.73 Å². The quantitative estimate of drug-likeness (QED) is 0.609. The summed E-state index contributed by atoms with van der Waals surface area (Å²) in [5.74, 6) is -1.09. The maximum atomic E-state index is 10.6. The first kappa shape index (κ1) is 9.73. The van der Waals surface area contributed by atoms with Crippen LogP contribution in [0.1, 0.15) is 5.56 Å². The number of nitrogens with zero attached hydrogens (tertiary/aromatic N) is 1. The van der Waals surface area contributed by atoms with Crippen LogP contribution in [0.25, 0.3) is 5.57 Å². The zero-order valence-corrected chi connectivity index (χ0v) is 8.21. The van der Waals surface area contributed by atoms with Crippen molar-refractivity contribution < 1.29 is 9.90 Å². The van der Waals surface area contributed by atoms with Crippen molar-refractivity contribution in [3.8, 4) is 0 Å². The average molecular weight is 243 g/mol. The highest BCUT2D eigenvalue weighted by Gasteiger charge is 2.11. The van der Waals surface area contributed by atoms with E-state index in [4.69, 9.17) is 10.8 Å². The van der Waals surface area contributed by atoms with Gasteiger partial charge < -0.3 is 10.8 Å². The molecule has 1 rings (SSSR count). The molecule has 1 aromatic heterocycles. The van der Waals surface area contributed by atoms with E-state index in [2.05, 4.69) is 27.5 Å². The lowest BCUT2D eigenvalue weighted by Gasteiger charge is -2.04. The molecule has 0 radical (unpaired) electrons. The molecule has 0 bridgehead atoms. The fourth-order valence-electron chi connectivity index (χ4n) is 0.817. The van der Waals surface area contributed by atoms with Crippen molar-refractivity contribution in [2.45, 2.75) is 0 Å². The molecule has 0 saturated heterocycles. The minimum atomic E-state index is -1.09. The summed E-state index contributed by atoms with van der Waals surface area (Å²) in [6, 6.07) is 1.52. The van der Waals surface area contributed by atoms with E-state index in [0.29, 0.717) is 15.9 Å². The number of carboxylic acids is 1. The lowest BCUT2D eigenvalue weighted by atomic mass is 10.1. The summed E-state index contributed by atoms with van der Waals surface area (Å²) in [5.41, 5.74) is 6.16. The van der Waals surface area contributed by atoms with Gasteiger partial charge in [0.25, 0.3) is 0 Å². The van der Waals surface area contributed by atoms with Crippen LogP contribution in [0, 0.1) is 0 Å². The van der Waals surface area contributed by atoms with E-state index in [0.717, 1.165) is 0 Å². The van der Waals surface area contributed by atoms with E-state index in [1.807, 2.05) is 0 Å². The normalized spacial score (nSPS) is 9.62. The van der Waals surface area contributed by atoms with Gasteiger partial charge in [0.05, 0.1) is 17.5 Å². The monoisotopic (exact) mass is 242 g/mol. The van der Waals surface area contributed by atoms with E-state index in [9.17, 15) is 4.79 Å². The van der Waals surface area contributed by atoms with Gasteiger partial charge in [-0.05, 0) is 22.0 Å². The smallest absolute Gasteiger partial charge is 0.335 e. The van der Waals surface area contributed by atoms with Crippen LogP contribution >= 0.6 is 15.9 Å². The summed E-state index contributed by atoms with van der Waals surface area (Å²) in [7, 11) is 0. The molecule has 0 aliphatic heterocycles. The van der Waals surface area contributed by atoms with Crippen molar-refractivity contribution in [3.63, 3.8) is 0 Å². The summed E-state index contributed by atoms with van der Waals surface area (Å²) in [6.45, 7) is 3.40. The van der Waals surface area contributed by atoms with Gasteiger partial charge >= 0.3 is 5.97 Å². The van der Waals surface area contributed by atoms with Crippen LogP contribution in [-0.4, -0.2) is 16.1 Å². The number of aromatic nitrogens is 1. The molecule has 0 unspecified atom stereocenters. The summed E-state index contributed by atoms with van der Waals surface area (Å²) in [6.07, 6.45) is 1.38. The van der Waals surface area contributed by atoms with Crippen LogP contribution in [0.2, 0.25) is 0 Å². The van der Waals surface area contributed by atoms with Gasteiger partial charge in [-0.25, -0.2) is 9.78 Å². The number of rotatable bonds is 2. The summed E-state index contributed by atoms with van der Waals surface area (Å²) < 4.78 is 0.527. The highest BCUT2D eigenvalue weighted by atomic mass is 79.9. The molecular formula is C8H7BrN2O2. The number of carboxylic acid groups (broad SMARTS) is 1. The van der Waals surface area contributed by atoms with Gasteiger partial charge in [0, 0.05) is 5.56 Å². The Morgan fingerprint density at radius 3 is 2.85 bits per heavy atom. The van der Waals surface area contributed by atoms with Crippen molar-refractivity contribution in [2.75, 3.05) is 5.73 Å². The van der Waals surface area contributed by atoms with Crippen LogP contribution in [0.5, 0.6) is 0 Å². The zero-order valence-electron chi connectivity index (χ0n) is 6.62. The summed E-state index contributed by atoms with van der Waals surface area (Å²) in [4.78, 5) is 14.4. The van der Waals surface area contributed by atoms with Crippen LogP contribution in [0.15, 0.2) is 23.4 Å². The topological polar surface area (TPSA) is 76.2 Å². The number of anilines is 1. The maximum Gasteiger partial charge on any atom is 0.335 e. The molecule has 13 heavy (non-hydrogen) atoms. The average Bonchev–Trinajstić information content (AvgIpc) is 2.08. The predicted octanol–water partition coefficient (Wildman–Crippen LogP) is 1.52. The third kappa shape index (κ3) is 2.06. The van der Waals surface area contributed by atoms with Gasteiger partial charge in [0.15, 0.2) is 0 Å². The minimum absolute atomic E-state index is 0.0411. The molecule has 0 fully saturated rings. The van der Waals surface area contributed by atoms with E-state index in [-0.39, 0.29) is 5.57 Å². The second-order valence-corrected chi connectivity index (χ2v) is 3.19. The number of hydrogen-bond donors (Lipinski definition) is 2. The Morgan fingerprint density at radius 1 is 1.69 bits per heavy atom. The van der Waals surface area contributed by atoms with Crippen LogP contribution in [-0.2, 0) is 4.79 Å². The van der Waals surface area contributed by atoms with Gasteiger partial charge in [0.2, 0.25) is 0 Å². The van der Waals surface area contributed by atoms with E-state index < -0.39 is 5.97 Å². The van der Waals surface area contributed by atoms with Gasteiger partial charge in [0.1, 0.15) is 4.60 Å². The number of halogens is 1. The number of hydrogen-bond acceptors (Lipinski definition) is 3. The minimum Gasteiger partial charge on any atom is -0.478 e. The first-order valence-corrected chi connectivity index (χ1v) is 4.15. The first-order chi connectivity index (χ1) is 6.02. The molecule has 4 nitrogen and oxygen atoms in total. The van der Waals surface area contributed by atoms with Gasteiger partial charge in [-0.3, -0.25) is 0 Å². The Kier molecular flexibility index (Phi) is 2.67. The van der Waals surface area contributed by atoms with Crippen molar-refractivity contribution in [1.29, 1.82) is 0 Å². The van der Waals surface area contributed by atoms with Gasteiger partial charge in [-0.2, -0.15) is 0 Å². The number of carbonyl (C=O) groups is 1. The number of nitrogen functional groups attached to an aromatic ring is 1. The van der Waals surface area contributed by atoms with E-state index >= 15 is 0 Å². The molecule has 1 aromatic rings. The Balaban J connectivity index is 3.21. The van der Waals surface area contributed by atoms with Crippen molar-refractivity contribution in [3.05, 3.63) is 29.0 Å². The molecule has 0 spiro atoms. The van der Waals surface area contributed by atoms with Crippen LogP contribution in [0.4, 0.5) is 5.69 Å². The molecular weight excluding hydrogens is 236 g/mol. The Hall–Kier alpha value is -1.36. The third-order valence-corrected chi connectivity index (χ3v) is 1.92. The SMILES string of the molecule is C=C(C(=O)O)c1cc(Br)ncc1N. The maximum absolute atomic E-state index is 10.6. The molecule has 0 aliphatic carbocycles. The molecule has 0 aliphatic rings. The fraction of sp³-hybridized carbons (Fsp3) is 0. The lowest BCUT2D eigenvalue weighted by molar-refractivity contribution is -0.130. The Labute approximate surface area is 83.2 Å². The third-order valence-electron chi connectivity index (χ3n) is 1.48. The zero-order chi connectivity index (χ0) is 10.0. The van der Waals surface area contributed by atoms with E-state index in [1.165, 1.54) is 12.3 Å². The largest absolute Gasteiger partial charge is 0.478 e. The first-order valence-electron chi connectivity index (χ1n) is 3.36. The lowest BCUT2D eigenvalue weighted by Crippen LogP contribution is -2.02. The summed E-state index contributed by atoms with van der Waals surface area (Å²) >= 11 is 3.11. The molecule has 5 heteroatoms. The predicted molar refractivity (Wildman–Crippen MR) is 53.0 cm³/mol. The van der Waals surface area contributed by atoms with Crippen molar-refractivity contribution in [1.82, 2.24) is 4.98 Å². The number of nitrogens with two attached hydrogens (primary N) is 1. The molecule has 68 valence electrons. The molecule has 0 amide bonds. The highest BCUT2D eigenvalue weighted by Crippen LogP contribution is 2.22.